The molecule has 13 atom stereocenters. The molecule has 1 aliphatic heterocycles. The van der Waals surface area contributed by atoms with Crippen LogP contribution in [0.25, 0.3) is 0 Å². The van der Waals surface area contributed by atoms with Crippen molar-refractivity contribution in [2.45, 2.75) is 229 Å². The van der Waals surface area contributed by atoms with E-state index in [1.807, 2.05) is 87.4 Å². The van der Waals surface area contributed by atoms with E-state index in [-0.39, 0.29) is 55.1 Å². The van der Waals surface area contributed by atoms with Crippen molar-refractivity contribution in [3.8, 4) is 0 Å². The van der Waals surface area contributed by atoms with E-state index in [9.17, 15) is 29.1 Å². The monoisotopic (exact) mass is 1330 g/mol. The molecule has 0 aromatic carbocycles. The molecule has 1 aliphatic rings. The Morgan fingerprint density at radius 1 is 0.430 bits per heavy atom. The Hall–Kier alpha value is -5.82. The van der Waals surface area contributed by atoms with Gasteiger partial charge in [-0.25, -0.2) is 0 Å². The lowest BCUT2D eigenvalue weighted by Gasteiger charge is -2.42. The van der Waals surface area contributed by atoms with Crippen LogP contribution in [0.3, 0.4) is 0 Å². The van der Waals surface area contributed by atoms with E-state index in [1.165, 1.54) is 104 Å². The van der Waals surface area contributed by atoms with Gasteiger partial charge in [0.15, 0.2) is 0 Å². The van der Waals surface area contributed by atoms with E-state index in [0.29, 0.717) is 18.7 Å². The smallest absolute Gasteiger partial charge is 0.246 e. The number of allylic oxidation sites excluding steroid dienone is 2. The van der Waals surface area contributed by atoms with Crippen molar-refractivity contribution in [3.63, 3.8) is 0 Å². The standard InChI is InChI=1S/C68H124N12O12S/c1-28-29-30-45(16)57(81)56-61(85)72-54(43(12)13)67(91)78(25)52(37-93-32-31-73(19)20)65(89)74(21)49(34-39(4)5)60(84)71-53(42(10)11)66(90)75(22)48(33-38(2)3)59(83)69-46(17)58(82)70-47(18)62(86)76(23)50(35-40(6)7)63(87)77(24)51(36-41(8)9)64(88)79(26)55(44(14)15)68(92)80(56)27/h28-29,38-57,81H,30-37H2,1-27H3,(H,69,83)(H,70,82)(H,71,84)(H,72,85)/b29-28+/t45-,46+,47-,48?,49+,50+,51+,52-,53+,54+,55+,56+,57-/m1/s1. The van der Waals surface area contributed by atoms with Gasteiger partial charge in [0.05, 0.1) is 6.10 Å². The SMILES string of the molecule is C/C=C/C[C@@H](C)[C@@H](O)[C@H]1C(=O)N[C@@H](C(C)C)C(=O)N(C)[C@H](CSCCN(C)C)C(=O)N(C)[C@@H](CC(C)C)C(=O)N[C@@H](C(C)C)C(=O)N(C)C(CC(C)C)C(=O)N[C@@H](C)C(=O)N[C@H](C)C(=O)N(C)[C@@H](CC(C)C)C(=O)N(C)[C@@H](CC(C)C)C(=O)N(C)[C@@H](C(C)C)C(=O)N1C. The molecule has 24 nitrogen and oxygen atoms in total. The van der Waals surface area contributed by atoms with Gasteiger partial charge in [-0.15, -0.1) is 0 Å². The number of hydrogen-bond acceptors (Lipinski definition) is 14. The molecule has 534 valence electrons. The van der Waals surface area contributed by atoms with E-state index >= 15 is 28.8 Å². The van der Waals surface area contributed by atoms with Crippen LogP contribution in [0.15, 0.2) is 12.2 Å². The number of aliphatic hydroxyl groups excluding tert-OH is 1. The zero-order valence-corrected chi connectivity index (χ0v) is 62.6. The predicted octanol–water partition coefficient (Wildman–Crippen LogP) is 4.18. The predicted molar refractivity (Wildman–Crippen MR) is 368 cm³/mol. The number of thioether (sulfide) groups is 1. The molecule has 11 amide bonds. The third kappa shape index (κ3) is 24.7. The molecule has 1 heterocycles. The minimum absolute atomic E-state index is 0.0735. The van der Waals surface area contributed by atoms with Crippen molar-refractivity contribution >= 4 is 76.7 Å². The Morgan fingerprint density at radius 2 is 0.785 bits per heavy atom. The van der Waals surface area contributed by atoms with Gasteiger partial charge in [0, 0.05) is 67.4 Å². The Labute approximate surface area is 562 Å². The molecule has 1 fully saturated rings. The highest BCUT2D eigenvalue weighted by Gasteiger charge is 2.47. The lowest BCUT2D eigenvalue weighted by molar-refractivity contribution is -0.157. The van der Waals surface area contributed by atoms with Gasteiger partial charge < -0.3 is 65.6 Å². The minimum atomic E-state index is -1.64. The number of aliphatic hydroxyl groups is 1. The molecule has 0 aliphatic carbocycles. The first-order valence-electron chi connectivity index (χ1n) is 33.5. The fourth-order valence-corrected chi connectivity index (χ4v) is 12.8. The van der Waals surface area contributed by atoms with Crippen molar-refractivity contribution in [2.75, 3.05) is 81.5 Å². The first-order valence-corrected chi connectivity index (χ1v) is 34.7. The van der Waals surface area contributed by atoms with Crippen LogP contribution in [-0.4, -0.2) is 263 Å². The third-order valence-corrected chi connectivity index (χ3v) is 18.6. The number of nitrogens with zero attached hydrogens (tertiary/aromatic N) is 8. The number of nitrogens with one attached hydrogen (secondary N) is 4. The second-order valence-electron chi connectivity index (χ2n) is 28.9. The fraction of sp³-hybridized carbons (Fsp3) is 0.809. The van der Waals surface area contributed by atoms with E-state index in [2.05, 4.69) is 21.3 Å². The summed E-state index contributed by atoms with van der Waals surface area (Å²) in [6.07, 6.45) is 2.97. The van der Waals surface area contributed by atoms with Crippen LogP contribution in [-0.2, 0) is 52.7 Å². The quantitative estimate of drug-likeness (QED) is 0.0845. The second kappa shape index (κ2) is 39.3. The van der Waals surface area contributed by atoms with E-state index in [1.54, 1.807) is 54.5 Å². The highest BCUT2D eigenvalue weighted by Crippen LogP contribution is 2.27. The molecule has 0 spiro atoms. The molecule has 1 unspecified atom stereocenters. The zero-order chi connectivity index (χ0) is 72.1. The van der Waals surface area contributed by atoms with Crippen molar-refractivity contribution < 1.29 is 57.8 Å². The topological polar surface area (TPSA) is 282 Å². The van der Waals surface area contributed by atoms with Gasteiger partial charge in [0.2, 0.25) is 65.0 Å². The maximum atomic E-state index is 15.4. The second-order valence-corrected chi connectivity index (χ2v) is 30.1. The average molecular weight is 1330 g/mol. The molecule has 1 rings (SSSR count). The van der Waals surface area contributed by atoms with Crippen LogP contribution in [0.5, 0.6) is 0 Å². The minimum Gasteiger partial charge on any atom is -0.390 e. The maximum Gasteiger partial charge on any atom is 0.246 e. The molecule has 5 N–H and O–H groups in total. The van der Waals surface area contributed by atoms with Gasteiger partial charge in [-0.3, -0.25) is 52.7 Å². The number of hydrogen-bond donors (Lipinski definition) is 5. The molecule has 25 heteroatoms. The van der Waals surface area contributed by atoms with Crippen molar-refractivity contribution in [1.82, 2.24) is 60.5 Å². The van der Waals surface area contributed by atoms with E-state index in [4.69, 9.17) is 0 Å². The number of carbonyl (C=O) groups excluding carboxylic acids is 11. The molecule has 0 radical (unpaired) electrons. The summed E-state index contributed by atoms with van der Waals surface area (Å²) < 4.78 is 0. The first kappa shape index (κ1) is 85.2. The first-order chi connectivity index (χ1) is 42.9. The van der Waals surface area contributed by atoms with E-state index < -0.39 is 161 Å². The van der Waals surface area contributed by atoms with Crippen LogP contribution < -0.4 is 21.3 Å². The lowest BCUT2D eigenvalue weighted by atomic mass is 9.91. The van der Waals surface area contributed by atoms with Gasteiger partial charge in [0.1, 0.15) is 66.5 Å². The molecular formula is C68H124N12O12S. The molecule has 0 aromatic rings. The van der Waals surface area contributed by atoms with Crippen LogP contribution in [0.4, 0.5) is 0 Å². The summed E-state index contributed by atoms with van der Waals surface area (Å²) in [7, 11) is 13.9. The molecule has 0 bridgehead atoms. The fourth-order valence-electron chi connectivity index (χ4n) is 11.6. The van der Waals surface area contributed by atoms with Crippen molar-refractivity contribution in [1.29, 1.82) is 0 Å². The van der Waals surface area contributed by atoms with Gasteiger partial charge in [-0.1, -0.05) is 116 Å². The van der Waals surface area contributed by atoms with E-state index in [0.717, 1.165) is 4.90 Å². The highest BCUT2D eigenvalue weighted by molar-refractivity contribution is 7.99. The molecule has 0 saturated carbocycles. The third-order valence-electron chi connectivity index (χ3n) is 17.5. The van der Waals surface area contributed by atoms with Gasteiger partial charge in [-0.05, 0) is 114 Å². The highest BCUT2D eigenvalue weighted by atomic mass is 32.2. The summed E-state index contributed by atoms with van der Waals surface area (Å²) in [5.41, 5.74) is 0. The molecule has 1 saturated heterocycles. The summed E-state index contributed by atoms with van der Waals surface area (Å²) in [4.78, 5) is 175. The van der Waals surface area contributed by atoms with Crippen LogP contribution in [0.1, 0.15) is 157 Å². The van der Waals surface area contributed by atoms with Crippen molar-refractivity contribution in [3.05, 3.63) is 12.2 Å². The van der Waals surface area contributed by atoms with Gasteiger partial charge >= 0.3 is 0 Å². The summed E-state index contributed by atoms with van der Waals surface area (Å²) in [5.74, 6) is -9.77. The summed E-state index contributed by atoms with van der Waals surface area (Å²) >= 11 is 1.41. The maximum absolute atomic E-state index is 15.4. The Bertz CT molecular complexity index is 2530. The van der Waals surface area contributed by atoms with Crippen LogP contribution in [0.2, 0.25) is 0 Å². The lowest BCUT2D eigenvalue weighted by Crippen LogP contribution is -2.64. The summed E-state index contributed by atoms with van der Waals surface area (Å²) in [6, 6.07) is -13.8. The Balaban J connectivity index is 4.58. The number of carbonyl (C=O) groups is 11. The molecule has 93 heavy (non-hydrogen) atoms. The van der Waals surface area contributed by atoms with Gasteiger partial charge in [-0.2, -0.15) is 11.8 Å². The Morgan fingerprint density at radius 3 is 1.20 bits per heavy atom. The van der Waals surface area contributed by atoms with Crippen LogP contribution >= 0.6 is 11.8 Å². The number of rotatable bonds is 20. The Kier molecular flexibility index (Phi) is 36.0. The number of likely N-dealkylation sites (N-methyl/N-ethyl adjacent to an activating group) is 7. The van der Waals surface area contributed by atoms with Crippen molar-refractivity contribution in [2.24, 2.45) is 47.3 Å². The summed E-state index contributed by atoms with van der Waals surface area (Å²) in [5, 5.41) is 23.6. The average Bonchev–Trinajstić information content (AvgIpc) is 1.32. The largest absolute Gasteiger partial charge is 0.390 e. The zero-order valence-electron chi connectivity index (χ0n) is 61.8. The molecular weight excluding hydrogens is 1210 g/mol. The summed E-state index contributed by atoms with van der Waals surface area (Å²) in [6.45, 7) is 32.5. The van der Waals surface area contributed by atoms with Gasteiger partial charge in [0.25, 0.3) is 0 Å². The normalized spacial score (nSPS) is 26.6. The number of amides is 11. The van der Waals surface area contributed by atoms with Crippen LogP contribution in [0, 0.1) is 47.3 Å². The molecule has 0 aromatic heterocycles.